The summed E-state index contributed by atoms with van der Waals surface area (Å²) >= 11 is 0. The molecule has 1 aromatic carbocycles. The van der Waals surface area contributed by atoms with E-state index in [1.54, 1.807) is 25.1 Å². The van der Waals surface area contributed by atoms with Crippen LogP contribution in [0.3, 0.4) is 0 Å². The molecule has 0 spiro atoms. The van der Waals surface area contributed by atoms with Crippen LogP contribution in [-0.4, -0.2) is 89.9 Å². The van der Waals surface area contributed by atoms with Crippen LogP contribution < -0.4 is 10.6 Å². The molecule has 5 N–H and O–H groups in total. The Kier molecular flexibility index (Phi) is 6.30. The number of Topliss-reactive ketones (excluding diaryl/α,β-unsaturated/α-hetero) is 2. The summed E-state index contributed by atoms with van der Waals surface area (Å²) in [5.74, 6) is -5.42. The third kappa shape index (κ3) is 3.57. The molecule has 1 heterocycles. The minimum atomic E-state index is -1.18. The number of carbonyl (C=O) groups excluding carboxylic acids is 3. The second-order valence-corrected chi connectivity index (χ2v) is 11.3. The molecule has 5 atom stereocenters. The van der Waals surface area contributed by atoms with Gasteiger partial charge in [0.05, 0.1) is 17.5 Å². The van der Waals surface area contributed by atoms with Crippen LogP contribution in [0.15, 0.2) is 28.7 Å². The highest BCUT2D eigenvalue weighted by Crippen LogP contribution is 2.53. The number of hydrogen-bond acceptors (Lipinski definition) is 9. The third-order valence-electron chi connectivity index (χ3n) is 8.92. The Morgan fingerprint density at radius 1 is 1.11 bits per heavy atom. The second-order valence-electron chi connectivity index (χ2n) is 11.3. The zero-order chi connectivity index (χ0) is 27.8. The number of fused-ring (bicyclic) bond motifs is 5. The number of aliphatic hydroxyl groups excluding tert-OH is 2. The van der Waals surface area contributed by atoms with Crippen molar-refractivity contribution in [1.82, 2.24) is 9.80 Å². The number of primary amides is 1. The first-order valence-corrected chi connectivity index (χ1v) is 13.1. The molecular weight excluding hydrogens is 488 g/mol. The molecule has 5 rings (SSSR count). The lowest BCUT2D eigenvalue weighted by molar-refractivity contribution is -0.127. The molecule has 0 fully saturated rings. The first-order chi connectivity index (χ1) is 17.9. The van der Waals surface area contributed by atoms with Gasteiger partial charge in [-0.15, -0.1) is 0 Å². The largest absolute Gasteiger partial charge is 0.511 e. The fourth-order valence-electron chi connectivity index (χ4n) is 7.38. The molecule has 4 aliphatic rings. The monoisotopic (exact) mass is 524 g/mol. The van der Waals surface area contributed by atoms with E-state index in [0.29, 0.717) is 12.8 Å². The number of allylic oxidation sites excluding steroid dienone is 2. The minimum Gasteiger partial charge on any atom is -0.511 e. The standard InChI is InChI=1S/C28H36N4O6/c1-6-32-8-7-16(30(2)3)13-11-17(33)19-14(22(13)32)9-12-10-15-20(25(35)18(12)24(19)34)26(36)21(28(29)38)27(37)23(15)31(4)5/h11-12,15-16,20,23,33,35,37H,6-10H2,1-5H3,(H2,29,38)/t12-,15+,16?,20-,23-/m1/s1. The fraction of sp³-hybridized carbons (Fsp3) is 0.536. The van der Waals surface area contributed by atoms with Crippen LogP contribution in [0.5, 0.6) is 5.75 Å². The molecule has 3 aliphatic carbocycles. The summed E-state index contributed by atoms with van der Waals surface area (Å²) in [6.07, 6.45) is 1.63. The van der Waals surface area contributed by atoms with Crippen LogP contribution in [0, 0.1) is 17.8 Å². The molecule has 10 nitrogen and oxygen atoms in total. The lowest BCUT2D eigenvalue weighted by atomic mass is 9.60. The summed E-state index contributed by atoms with van der Waals surface area (Å²) in [4.78, 5) is 45.5. The smallest absolute Gasteiger partial charge is 0.255 e. The van der Waals surface area contributed by atoms with E-state index >= 15 is 0 Å². The van der Waals surface area contributed by atoms with E-state index in [1.807, 2.05) is 14.1 Å². The fourth-order valence-corrected chi connectivity index (χ4v) is 7.38. The molecule has 0 saturated carbocycles. The quantitative estimate of drug-likeness (QED) is 0.433. The molecule has 204 valence electrons. The number of benzene rings is 1. The van der Waals surface area contributed by atoms with Gasteiger partial charge in [0.1, 0.15) is 22.8 Å². The van der Waals surface area contributed by atoms with E-state index in [0.717, 1.165) is 36.3 Å². The number of phenolic OH excluding ortho intramolecular Hbond substituents is 1. The predicted octanol–water partition coefficient (Wildman–Crippen LogP) is 1.84. The van der Waals surface area contributed by atoms with E-state index in [-0.39, 0.29) is 28.7 Å². The van der Waals surface area contributed by atoms with Gasteiger partial charge in [-0.3, -0.25) is 19.3 Å². The van der Waals surface area contributed by atoms with Crippen LogP contribution in [0.1, 0.15) is 47.3 Å². The molecule has 1 unspecified atom stereocenters. The number of hydrogen-bond donors (Lipinski definition) is 4. The molecule has 0 aromatic heterocycles. The molecule has 0 saturated heterocycles. The van der Waals surface area contributed by atoms with Gasteiger partial charge in [-0.2, -0.15) is 0 Å². The van der Waals surface area contributed by atoms with Crippen molar-refractivity contribution >= 4 is 23.2 Å². The Bertz CT molecular complexity index is 1310. The van der Waals surface area contributed by atoms with E-state index in [9.17, 15) is 29.7 Å². The Hall–Kier alpha value is -3.37. The molecule has 38 heavy (non-hydrogen) atoms. The van der Waals surface area contributed by atoms with Gasteiger partial charge < -0.3 is 30.9 Å². The summed E-state index contributed by atoms with van der Waals surface area (Å²) in [7, 11) is 7.44. The van der Waals surface area contributed by atoms with Gasteiger partial charge in [-0.05, 0) is 83.4 Å². The van der Waals surface area contributed by atoms with Crippen molar-refractivity contribution < 1.29 is 29.7 Å². The maximum Gasteiger partial charge on any atom is 0.255 e. The maximum absolute atomic E-state index is 14.0. The Balaban J connectivity index is 1.70. The number of nitrogens with two attached hydrogens (primary N) is 1. The highest BCUT2D eigenvalue weighted by molar-refractivity contribution is 6.22. The number of rotatable bonds is 4. The van der Waals surface area contributed by atoms with Crippen molar-refractivity contribution in [2.24, 2.45) is 23.5 Å². The van der Waals surface area contributed by atoms with Gasteiger partial charge in [0.15, 0.2) is 11.6 Å². The molecular formula is C28H36N4O6. The van der Waals surface area contributed by atoms with Crippen LogP contribution in [-0.2, 0) is 16.0 Å². The van der Waals surface area contributed by atoms with Crippen molar-refractivity contribution in [2.45, 2.75) is 38.3 Å². The summed E-state index contributed by atoms with van der Waals surface area (Å²) in [5.41, 5.74) is 7.87. The Labute approximate surface area is 222 Å². The van der Waals surface area contributed by atoms with Gasteiger partial charge in [0.25, 0.3) is 5.91 Å². The number of phenols is 1. The number of nitrogens with zero attached hydrogens (tertiary/aromatic N) is 3. The van der Waals surface area contributed by atoms with Gasteiger partial charge in [-0.25, -0.2) is 0 Å². The molecule has 10 heteroatoms. The molecule has 0 bridgehead atoms. The SMILES string of the molecule is CCN1CCC(N(C)C)c2cc(O)c3c(c21)C[C@@H]1C[C@H]2[C@@H](C(=O)C(C(N)=O)=C(O)[C@@H]2N(C)C)C(O)=C1C3=O. The van der Waals surface area contributed by atoms with Crippen LogP contribution in [0.25, 0.3) is 0 Å². The predicted molar refractivity (Wildman–Crippen MR) is 141 cm³/mol. The van der Waals surface area contributed by atoms with E-state index < -0.39 is 52.6 Å². The van der Waals surface area contributed by atoms with Gasteiger partial charge >= 0.3 is 0 Å². The highest BCUT2D eigenvalue weighted by atomic mass is 16.3. The minimum absolute atomic E-state index is 0.0866. The average Bonchev–Trinajstić information content (AvgIpc) is 2.82. The van der Waals surface area contributed by atoms with Gasteiger partial charge in [-0.1, -0.05) is 0 Å². The number of carbonyl (C=O) groups is 3. The number of aromatic hydroxyl groups is 1. The van der Waals surface area contributed by atoms with E-state index in [4.69, 9.17) is 5.73 Å². The van der Waals surface area contributed by atoms with Crippen molar-refractivity contribution in [2.75, 3.05) is 46.2 Å². The Morgan fingerprint density at radius 3 is 2.37 bits per heavy atom. The van der Waals surface area contributed by atoms with Crippen LogP contribution in [0.2, 0.25) is 0 Å². The molecule has 1 aliphatic heterocycles. The normalized spacial score (nSPS) is 28.9. The van der Waals surface area contributed by atoms with Crippen molar-refractivity contribution in [3.8, 4) is 5.75 Å². The number of aliphatic hydroxyl groups is 2. The van der Waals surface area contributed by atoms with E-state index in [1.165, 1.54) is 0 Å². The average molecular weight is 525 g/mol. The summed E-state index contributed by atoms with van der Waals surface area (Å²) in [6, 6.07) is 1.02. The maximum atomic E-state index is 14.0. The topological polar surface area (TPSA) is 148 Å². The number of amides is 1. The zero-order valence-corrected chi connectivity index (χ0v) is 22.5. The van der Waals surface area contributed by atoms with Gasteiger partial charge in [0, 0.05) is 30.4 Å². The van der Waals surface area contributed by atoms with Crippen molar-refractivity contribution in [3.05, 3.63) is 45.4 Å². The molecule has 1 aromatic rings. The first kappa shape index (κ1) is 26.2. The van der Waals surface area contributed by atoms with Crippen LogP contribution in [0.4, 0.5) is 5.69 Å². The summed E-state index contributed by atoms with van der Waals surface area (Å²) in [5, 5.41) is 33.5. The van der Waals surface area contributed by atoms with E-state index in [2.05, 4.69) is 16.7 Å². The molecule has 1 amide bonds. The zero-order valence-electron chi connectivity index (χ0n) is 22.5. The first-order valence-electron chi connectivity index (χ1n) is 13.1. The van der Waals surface area contributed by atoms with Crippen LogP contribution >= 0.6 is 0 Å². The highest BCUT2D eigenvalue weighted by Gasteiger charge is 2.54. The van der Waals surface area contributed by atoms with Gasteiger partial charge in [0.2, 0.25) is 0 Å². The lowest BCUT2D eigenvalue weighted by Crippen LogP contribution is -2.53. The van der Waals surface area contributed by atoms with Crippen molar-refractivity contribution in [1.29, 1.82) is 0 Å². The number of anilines is 1. The summed E-state index contributed by atoms with van der Waals surface area (Å²) in [6.45, 7) is 3.62. The lowest BCUT2D eigenvalue weighted by Gasteiger charge is -2.47. The summed E-state index contributed by atoms with van der Waals surface area (Å²) < 4.78 is 0. The Morgan fingerprint density at radius 2 is 1.79 bits per heavy atom. The van der Waals surface area contributed by atoms with Crippen molar-refractivity contribution in [3.63, 3.8) is 0 Å². The third-order valence-corrected chi connectivity index (χ3v) is 8.92. The second kappa shape index (κ2) is 9.13. The number of likely N-dealkylation sites (N-methyl/N-ethyl adjacent to an activating group) is 1. The molecule has 0 radical (unpaired) electrons. The number of ketones is 2.